The molecule has 2 aliphatic carbocycles. The van der Waals surface area contributed by atoms with E-state index in [1.807, 2.05) is 0 Å². The zero-order valence-electron chi connectivity index (χ0n) is 39.3. The lowest BCUT2D eigenvalue weighted by Crippen LogP contribution is -2.02. The highest BCUT2D eigenvalue weighted by molar-refractivity contribution is 6.10. The monoisotopic (exact) mass is 897 g/mol. The Kier molecular flexibility index (Phi) is 10.2. The summed E-state index contributed by atoms with van der Waals surface area (Å²) < 4.78 is 4.77. The summed E-state index contributed by atoms with van der Waals surface area (Å²) >= 11 is 0. The van der Waals surface area contributed by atoms with E-state index in [1.54, 1.807) is 0 Å². The number of hydrogen-bond donors (Lipinski definition) is 0. The minimum atomic E-state index is 0.146. The average Bonchev–Trinajstić information content (AvgIpc) is 3.91. The van der Waals surface area contributed by atoms with Gasteiger partial charge in [0.2, 0.25) is 0 Å². The Balaban J connectivity index is 0.857. The van der Waals surface area contributed by atoms with Crippen LogP contribution in [0.2, 0.25) is 0 Å². The van der Waals surface area contributed by atoms with E-state index in [4.69, 9.17) is 4.99 Å². The Morgan fingerprint density at radius 2 is 0.957 bits per heavy atom. The lowest BCUT2D eigenvalue weighted by molar-refractivity contribution is 0.844. The minimum absolute atomic E-state index is 0.146. The standard InChI is InChI=1S/C67H51N3/c1-44(49-37-38-60-61(43-49)67(60)53-22-14-20-51(40-53)46-17-4-3-5-18-46)39-62(68-45(2)50-19-15-23-54(41-50)69-63-29-10-6-25-56(63)57-26-7-11-30-64(57)69)48-35-33-47(34-36-48)52-21-16-24-55(42-52)70-65-31-12-8-27-58(65)59-28-9-13-32-66(59)70/h3-44,60-61,67H,1-2H3/b62-39-,68-45?. The van der Waals surface area contributed by atoms with Gasteiger partial charge in [-0.3, -0.25) is 4.99 Å². The minimum Gasteiger partial charge on any atom is -0.309 e. The van der Waals surface area contributed by atoms with Gasteiger partial charge in [0.15, 0.2) is 0 Å². The van der Waals surface area contributed by atoms with Gasteiger partial charge in [-0.15, -0.1) is 0 Å². The van der Waals surface area contributed by atoms with Crippen molar-refractivity contribution in [2.75, 3.05) is 0 Å². The maximum atomic E-state index is 5.55. The molecule has 2 aromatic heterocycles. The van der Waals surface area contributed by atoms with Gasteiger partial charge in [0.05, 0.1) is 27.8 Å². The number of hydrogen-bond acceptors (Lipinski definition) is 1. The van der Waals surface area contributed by atoms with Crippen LogP contribution in [0.25, 0.3) is 82.9 Å². The second-order valence-corrected chi connectivity index (χ2v) is 19.2. The fourth-order valence-electron chi connectivity index (χ4n) is 11.3. The number of para-hydroxylation sites is 4. The van der Waals surface area contributed by atoms with E-state index in [2.05, 4.69) is 272 Å². The number of allylic oxidation sites excluding steroid dienone is 5. The van der Waals surface area contributed by atoms with Crippen LogP contribution in [0.5, 0.6) is 0 Å². The molecule has 1 fully saturated rings. The molecule has 9 aromatic carbocycles. The first-order chi connectivity index (χ1) is 34.5. The van der Waals surface area contributed by atoms with Crippen molar-refractivity contribution in [2.24, 2.45) is 22.7 Å². The van der Waals surface area contributed by atoms with Gasteiger partial charge >= 0.3 is 0 Å². The summed E-state index contributed by atoms with van der Waals surface area (Å²) in [6.45, 7) is 4.48. The molecule has 4 unspecified atom stereocenters. The fourth-order valence-corrected chi connectivity index (χ4v) is 11.3. The molecule has 11 aromatic rings. The summed E-state index contributed by atoms with van der Waals surface area (Å²) in [5.41, 5.74) is 18.9. The normalized spacial score (nSPS) is 17.3. The summed E-state index contributed by atoms with van der Waals surface area (Å²) in [6.07, 6.45) is 9.76. The molecular formula is C67H51N3. The topological polar surface area (TPSA) is 22.2 Å². The first kappa shape index (κ1) is 41.6. The average molecular weight is 898 g/mol. The molecule has 1 saturated carbocycles. The van der Waals surface area contributed by atoms with Crippen molar-refractivity contribution in [3.63, 3.8) is 0 Å². The SMILES string of the molecule is CC(=N/C(=C\C(C)C1=CC2C(C=C1)C2c1cccc(-c2ccccc2)c1)c1ccc(-c2cccc(-n3c4ccccc4c4ccccc43)c2)cc1)c1cccc(-n2c3ccccc3c3ccccc32)c1. The molecule has 3 nitrogen and oxygen atoms in total. The number of fused-ring (bicyclic) bond motifs is 7. The van der Waals surface area contributed by atoms with Gasteiger partial charge in [0, 0.05) is 44.5 Å². The molecule has 0 bridgehead atoms. The van der Waals surface area contributed by atoms with Crippen LogP contribution in [-0.4, -0.2) is 14.8 Å². The van der Waals surface area contributed by atoms with Crippen molar-refractivity contribution in [3.8, 4) is 33.6 Å². The molecule has 2 heterocycles. The second-order valence-electron chi connectivity index (χ2n) is 19.2. The Hall–Kier alpha value is -8.53. The predicted octanol–water partition coefficient (Wildman–Crippen LogP) is 17.2. The van der Waals surface area contributed by atoms with Crippen molar-refractivity contribution < 1.29 is 0 Å². The molecular weight excluding hydrogens is 847 g/mol. The van der Waals surface area contributed by atoms with Crippen LogP contribution in [0.1, 0.15) is 36.5 Å². The second kappa shape index (κ2) is 17.2. The third kappa shape index (κ3) is 7.34. The van der Waals surface area contributed by atoms with Gasteiger partial charge < -0.3 is 9.13 Å². The van der Waals surface area contributed by atoms with Gasteiger partial charge in [-0.25, -0.2) is 0 Å². The molecule has 70 heavy (non-hydrogen) atoms. The Labute approximate surface area is 409 Å². The van der Waals surface area contributed by atoms with Gasteiger partial charge in [-0.1, -0.05) is 207 Å². The Morgan fingerprint density at radius 1 is 0.457 bits per heavy atom. The predicted molar refractivity (Wildman–Crippen MR) is 295 cm³/mol. The third-order valence-corrected chi connectivity index (χ3v) is 14.9. The van der Waals surface area contributed by atoms with Gasteiger partial charge in [0.1, 0.15) is 0 Å². The van der Waals surface area contributed by atoms with Crippen LogP contribution < -0.4 is 0 Å². The van der Waals surface area contributed by atoms with Crippen LogP contribution in [0.4, 0.5) is 0 Å². The quantitative estimate of drug-likeness (QED) is 0.122. The highest BCUT2D eigenvalue weighted by Crippen LogP contribution is 2.58. The molecule has 334 valence electrons. The molecule has 13 rings (SSSR count). The number of rotatable bonds is 10. The highest BCUT2D eigenvalue weighted by Gasteiger charge is 2.49. The van der Waals surface area contributed by atoms with E-state index in [0.717, 1.165) is 33.9 Å². The van der Waals surface area contributed by atoms with Crippen molar-refractivity contribution >= 4 is 55.0 Å². The van der Waals surface area contributed by atoms with Gasteiger partial charge in [-0.05, 0) is 118 Å². The van der Waals surface area contributed by atoms with Crippen molar-refractivity contribution in [2.45, 2.75) is 19.8 Å². The van der Waals surface area contributed by atoms with Crippen molar-refractivity contribution in [3.05, 3.63) is 271 Å². The maximum Gasteiger partial charge on any atom is 0.0671 e. The van der Waals surface area contributed by atoms with E-state index in [-0.39, 0.29) is 5.92 Å². The van der Waals surface area contributed by atoms with E-state index >= 15 is 0 Å². The number of nitrogens with zero attached hydrogens (tertiary/aromatic N) is 3. The molecule has 0 spiro atoms. The zero-order chi connectivity index (χ0) is 46.7. The van der Waals surface area contributed by atoms with Crippen molar-refractivity contribution in [1.29, 1.82) is 0 Å². The first-order valence-corrected chi connectivity index (χ1v) is 24.6. The lowest BCUT2D eigenvalue weighted by atomic mass is 9.93. The highest BCUT2D eigenvalue weighted by atomic mass is 15.0. The van der Waals surface area contributed by atoms with E-state index in [9.17, 15) is 0 Å². The number of benzene rings is 9. The van der Waals surface area contributed by atoms with E-state index in [1.165, 1.54) is 77.0 Å². The molecule has 3 heteroatoms. The maximum absolute atomic E-state index is 5.55. The molecule has 0 amide bonds. The number of aliphatic imine (C=N–C) groups is 1. The van der Waals surface area contributed by atoms with Crippen LogP contribution in [-0.2, 0) is 0 Å². The van der Waals surface area contributed by atoms with Crippen LogP contribution in [0, 0.1) is 17.8 Å². The smallest absolute Gasteiger partial charge is 0.0671 e. The molecule has 0 aliphatic heterocycles. The fraction of sp³-hybridized carbons (Fsp3) is 0.0896. The first-order valence-electron chi connectivity index (χ1n) is 24.6. The van der Waals surface area contributed by atoms with Crippen LogP contribution >= 0.6 is 0 Å². The summed E-state index contributed by atoms with van der Waals surface area (Å²) in [5.74, 6) is 1.67. The zero-order valence-corrected chi connectivity index (χ0v) is 39.3. The molecule has 0 N–H and O–H groups in total. The molecule has 0 saturated heterocycles. The van der Waals surface area contributed by atoms with E-state index < -0.39 is 0 Å². The largest absolute Gasteiger partial charge is 0.309 e. The Bertz CT molecular complexity index is 3820. The summed E-state index contributed by atoms with van der Waals surface area (Å²) in [5, 5.41) is 5.04. The summed E-state index contributed by atoms with van der Waals surface area (Å²) in [4.78, 5) is 5.55. The van der Waals surface area contributed by atoms with Gasteiger partial charge in [0.25, 0.3) is 0 Å². The van der Waals surface area contributed by atoms with Gasteiger partial charge in [-0.2, -0.15) is 0 Å². The summed E-state index contributed by atoms with van der Waals surface area (Å²) in [7, 11) is 0. The molecule has 4 atom stereocenters. The molecule has 0 radical (unpaired) electrons. The van der Waals surface area contributed by atoms with E-state index in [0.29, 0.717) is 17.8 Å². The third-order valence-electron chi connectivity index (χ3n) is 14.9. The Morgan fingerprint density at radius 3 is 1.57 bits per heavy atom. The van der Waals surface area contributed by atoms with Crippen LogP contribution in [0.15, 0.2) is 259 Å². The lowest BCUT2D eigenvalue weighted by Gasteiger charge is -2.15. The summed E-state index contributed by atoms with van der Waals surface area (Å²) in [6, 6.07) is 81.5. The molecule has 2 aliphatic rings. The van der Waals surface area contributed by atoms with Crippen molar-refractivity contribution in [1.82, 2.24) is 9.13 Å². The number of aromatic nitrogens is 2. The van der Waals surface area contributed by atoms with Crippen LogP contribution in [0.3, 0.4) is 0 Å².